The average Bonchev–Trinajstić information content (AvgIpc) is 3.20. The predicted octanol–water partition coefficient (Wildman–Crippen LogP) is 3.93. The van der Waals surface area contributed by atoms with Gasteiger partial charge in [-0.05, 0) is 50.1 Å². The Morgan fingerprint density at radius 1 is 1.06 bits per heavy atom. The lowest BCUT2D eigenvalue weighted by atomic mass is 10.0. The Morgan fingerprint density at radius 2 is 1.79 bits per heavy atom. The van der Waals surface area contributed by atoms with E-state index in [0.29, 0.717) is 29.2 Å². The highest BCUT2D eigenvalue weighted by Gasteiger charge is 2.20. The number of hydrogen-bond donors (Lipinski definition) is 1. The minimum absolute atomic E-state index is 0.128. The van der Waals surface area contributed by atoms with E-state index in [0.717, 1.165) is 28.0 Å². The van der Waals surface area contributed by atoms with Crippen LogP contribution in [0.2, 0.25) is 0 Å². The third-order valence-electron chi connectivity index (χ3n) is 6.03. The number of nitrogens with zero attached hydrogens (tertiary/aromatic N) is 3. The molecule has 2 aromatic carbocycles. The summed E-state index contributed by atoms with van der Waals surface area (Å²) in [7, 11) is 4.85. The number of hydrogen-bond acceptors (Lipinski definition) is 5. The van der Waals surface area contributed by atoms with Gasteiger partial charge in [-0.1, -0.05) is 18.2 Å². The number of aryl methyl sites for hydroxylation is 3. The number of methoxy groups -OCH3 is 2. The number of amides is 1. The number of benzene rings is 2. The van der Waals surface area contributed by atoms with Gasteiger partial charge in [0.15, 0.2) is 0 Å². The van der Waals surface area contributed by atoms with Gasteiger partial charge in [-0.15, -0.1) is 0 Å². The lowest BCUT2D eigenvalue weighted by molar-refractivity contribution is -0.116. The molecule has 0 aliphatic carbocycles. The number of rotatable bonds is 7. The predicted molar refractivity (Wildman–Crippen MR) is 132 cm³/mol. The number of aromatic nitrogens is 3. The van der Waals surface area contributed by atoms with Crippen molar-refractivity contribution >= 4 is 22.6 Å². The van der Waals surface area contributed by atoms with Crippen LogP contribution in [0.25, 0.3) is 16.7 Å². The molecule has 2 aromatic heterocycles. The van der Waals surface area contributed by atoms with Crippen LogP contribution in [-0.2, 0) is 18.3 Å². The van der Waals surface area contributed by atoms with Crippen LogP contribution in [0.15, 0.2) is 53.3 Å². The number of para-hydroxylation sites is 1. The van der Waals surface area contributed by atoms with E-state index in [4.69, 9.17) is 14.6 Å². The number of pyridine rings is 1. The lowest BCUT2D eigenvalue weighted by Gasteiger charge is -2.14. The van der Waals surface area contributed by atoms with Crippen molar-refractivity contribution in [2.24, 2.45) is 7.05 Å². The van der Waals surface area contributed by atoms with Crippen LogP contribution in [0, 0.1) is 13.8 Å². The fourth-order valence-corrected chi connectivity index (χ4v) is 4.27. The highest BCUT2D eigenvalue weighted by molar-refractivity contribution is 5.93. The van der Waals surface area contributed by atoms with Gasteiger partial charge in [-0.2, -0.15) is 5.10 Å². The third-order valence-corrected chi connectivity index (χ3v) is 6.03. The summed E-state index contributed by atoms with van der Waals surface area (Å²) in [5.41, 5.74) is 4.35. The first-order valence-electron chi connectivity index (χ1n) is 11.0. The maximum absolute atomic E-state index is 13.3. The van der Waals surface area contributed by atoms with Gasteiger partial charge in [-0.25, -0.2) is 4.68 Å². The van der Waals surface area contributed by atoms with Crippen molar-refractivity contribution < 1.29 is 14.3 Å². The maximum atomic E-state index is 13.3. The molecule has 0 aliphatic rings. The van der Waals surface area contributed by atoms with Crippen LogP contribution >= 0.6 is 0 Å². The second kappa shape index (κ2) is 9.43. The van der Waals surface area contributed by atoms with E-state index in [9.17, 15) is 9.59 Å². The van der Waals surface area contributed by atoms with Crippen LogP contribution in [0.1, 0.15) is 23.2 Å². The molecule has 8 nitrogen and oxygen atoms in total. The molecule has 8 heteroatoms. The first-order valence-corrected chi connectivity index (χ1v) is 11.0. The standard InChI is InChI=1S/C26H28N4O4/c1-16-20(12-14-23(31)27-21-13-11-19(33-4)15-22(21)34-5)26(32)29(3)25-24(16)17(2)28-30(25)18-9-7-6-8-10-18/h6-11,13,15H,12,14H2,1-5H3,(H,27,31). The average molecular weight is 461 g/mol. The largest absolute Gasteiger partial charge is 0.497 e. The van der Waals surface area contributed by atoms with Crippen molar-refractivity contribution in [2.45, 2.75) is 26.7 Å². The lowest BCUT2D eigenvalue weighted by Crippen LogP contribution is -2.25. The SMILES string of the molecule is COc1ccc(NC(=O)CCc2c(C)c3c(C)nn(-c4ccccc4)c3n(C)c2=O)c(OC)c1. The van der Waals surface area contributed by atoms with Crippen molar-refractivity contribution in [1.82, 2.24) is 14.3 Å². The van der Waals surface area contributed by atoms with Gasteiger partial charge >= 0.3 is 0 Å². The van der Waals surface area contributed by atoms with E-state index in [2.05, 4.69) is 5.32 Å². The van der Waals surface area contributed by atoms with Crippen molar-refractivity contribution in [2.75, 3.05) is 19.5 Å². The van der Waals surface area contributed by atoms with Crippen molar-refractivity contribution in [3.8, 4) is 17.2 Å². The normalized spacial score (nSPS) is 11.0. The van der Waals surface area contributed by atoms with Crippen LogP contribution in [0.5, 0.6) is 11.5 Å². The van der Waals surface area contributed by atoms with Crippen molar-refractivity contribution in [3.63, 3.8) is 0 Å². The molecule has 0 atom stereocenters. The highest BCUT2D eigenvalue weighted by Crippen LogP contribution is 2.29. The number of nitrogens with one attached hydrogen (secondary N) is 1. The van der Waals surface area contributed by atoms with E-state index in [1.54, 1.807) is 41.6 Å². The molecule has 2 heterocycles. The van der Waals surface area contributed by atoms with Crippen molar-refractivity contribution in [3.05, 3.63) is 75.7 Å². The molecule has 0 aliphatic heterocycles. The summed E-state index contributed by atoms with van der Waals surface area (Å²) in [6.45, 7) is 3.86. The van der Waals surface area contributed by atoms with Crippen LogP contribution in [-0.4, -0.2) is 34.5 Å². The first-order chi connectivity index (χ1) is 16.3. The molecule has 0 saturated heterocycles. The zero-order chi connectivity index (χ0) is 24.4. The van der Waals surface area contributed by atoms with E-state index >= 15 is 0 Å². The monoisotopic (exact) mass is 460 g/mol. The molecule has 0 spiro atoms. The second-order valence-electron chi connectivity index (χ2n) is 8.11. The molecule has 1 N–H and O–H groups in total. The first kappa shape index (κ1) is 23.1. The number of ether oxygens (including phenoxy) is 2. The summed E-state index contributed by atoms with van der Waals surface area (Å²) in [4.78, 5) is 26.0. The Balaban J connectivity index is 1.63. The summed E-state index contributed by atoms with van der Waals surface area (Å²) < 4.78 is 14.0. The molecule has 34 heavy (non-hydrogen) atoms. The van der Waals surface area contributed by atoms with Gasteiger partial charge in [0, 0.05) is 30.5 Å². The Kier molecular flexibility index (Phi) is 6.40. The number of anilines is 1. The van der Waals surface area contributed by atoms with Gasteiger partial charge in [0.2, 0.25) is 5.91 Å². The van der Waals surface area contributed by atoms with Gasteiger partial charge < -0.3 is 14.8 Å². The minimum atomic E-state index is -0.207. The highest BCUT2D eigenvalue weighted by atomic mass is 16.5. The number of carbonyl (C=O) groups excluding carboxylic acids is 1. The summed E-state index contributed by atoms with van der Waals surface area (Å²) in [5.74, 6) is 0.931. The summed E-state index contributed by atoms with van der Waals surface area (Å²) in [5, 5.41) is 8.50. The topological polar surface area (TPSA) is 87.4 Å². The van der Waals surface area contributed by atoms with E-state index in [-0.39, 0.29) is 17.9 Å². The molecular weight excluding hydrogens is 432 g/mol. The van der Waals surface area contributed by atoms with E-state index in [1.165, 1.54) is 7.11 Å². The van der Waals surface area contributed by atoms with Gasteiger partial charge in [0.25, 0.3) is 5.56 Å². The molecule has 0 saturated carbocycles. The Hall–Kier alpha value is -4.07. The Bertz CT molecular complexity index is 1420. The van der Waals surface area contributed by atoms with Crippen LogP contribution in [0.3, 0.4) is 0 Å². The molecule has 4 aromatic rings. The molecule has 0 bridgehead atoms. The Morgan fingerprint density at radius 3 is 2.47 bits per heavy atom. The van der Waals surface area contributed by atoms with Crippen LogP contribution < -0.4 is 20.3 Å². The smallest absolute Gasteiger partial charge is 0.255 e. The molecule has 0 radical (unpaired) electrons. The fraction of sp³-hybridized carbons (Fsp3) is 0.269. The minimum Gasteiger partial charge on any atom is -0.497 e. The Labute approximate surface area is 197 Å². The maximum Gasteiger partial charge on any atom is 0.255 e. The number of carbonyl (C=O) groups is 1. The van der Waals surface area contributed by atoms with Crippen LogP contribution in [0.4, 0.5) is 5.69 Å². The summed E-state index contributed by atoms with van der Waals surface area (Å²) >= 11 is 0. The summed E-state index contributed by atoms with van der Waals surface area (Å²) in [6, 6.07) is 14.9. The molecule has 0 fully saturated rings. The number of fused-ring (bicyclic) bond motifs is 1. The van der Waals surface area contributed by atoms with Gasteiger partial charge in [0.1, 0.15) is 17.1 Å². The summed E-state index contributed by atoms with van der Waals surface area (Å²) in [6.07, 6.45) is 0.470. The molecule has 4 rings (SSSR count). The van der Waals surface area contributed by atoms with Crippen molar-refractivity contribution in [1.29, 1.82) is 0 Å². The fourth-order valence-electron chi connectivity index (χ4n) is 4.27. The second-order valence-corrected chi connectivity index (χ2v) is 8.11. The quantitative estimate of drug-likeness (QED) is 0.452. The zero-order valence-corrected chi connectivity index (χ0v) is 20.0. The van der Waals surface area contributed by atoms with E-state index < -0.39 is 0 Å². The molecular formula is C26H28N4O4. The molecule has 1 amide bonds. The van der Waals surface area contributed by atoms with Gasteiger partial charge in [-0.3, -0.25) is 14.2 Å². The third kappa shape index (κ3) is 4.14. The zero-order valence-electron chi connectivity index (χ0n) is 20.0. The molecule has 0 unspecified atom stereocenters. The van der Waals surface area contributed by atoms with E-state index in [1.807, 2.05) is 44.2 Å². The van der Waals surface area contributed by atoms with Gasteiger partial charge in [0.05, 0.1) is 31.3 Å². The molecule has 176 valence electrons.